The monoisotopic (exact) mass is 510 g/mol. The lowest BCUT2D eigenvalue weighted by Crippen LogP contribution is -2.44. The summed E-state index contributed by atoms with van der Waals surface area (Å²) in [6.07, 6.45) is 1.82. The molecule has 3 aliphatic rings. The second kappa shape index (κ2) is 9.88. The van der Waals surface area contributed by atoms with E-state index in [1.54, 1.807) is 35.2 Å². The first-order chi connectivity index (χ1) is 17.2. The van der Waals surface area contributed by atoms with E-state index in [9.17, 15) is 27.9 Å². The third-order valence-corrected chi connectivity index (χ3v) is 9.90. The van der Waals surface area contributed by atoms with Crippen molar-refractivity contribution < 1.29 is 27.9 Å². The number of carbonyl (C=O) groups excluding carboxylic acids is 3. The minimum atomic E-state index is -3.29. The number of aliphatic hydroxyl groups is 1. The molecule has 1 aliphatic carbocycles. The topological polar surface area (TPSA) is 112 Å². The van der Waals surface area contributed by atoms with Gasteiger partial charge in [-0.15, -0.1) is 0 Å². The Morgan fingerprint density at radius 3 is 2.06 bits per heavy atom. The second-order valence-electron chi connectivity index (χ2n) is 9.90. The summed E-state index contributed by atoms with van der Waals surface area (Å²) in [4.78, 5) is 42.7. The fourth-order valence-electron chi connectivity index (χ4n) is 5.40. The molecule has 2 heterocycles. The lowest BCUT2D eigenvalue weighted by Gasteiger charge is -2.33. The third-order valence-electron chi connectivity index (χ3n) is 7.66. The predicted octanol–water partition coefficient (Wildman–Crippen LogP) is 1.94. The Kier molecular flexibility index (Phi) is 6.80. The van der Waals surface area contributed by atoms with Crippen LogP contribution in [0.2, 0.25) is 0 Å². The first-order valence-electron chi connectivity index (χ1n) is 12.5. The van der Waals surface area contributed by atoms with Crippen LogP contribution in [-0.4, -0.2) is 90.6 Å². The zero-order valence-electron chi connectivity index (χ0n) is 20.1. The molecule has 0 radical (unpaired) electrons. The molecule has 0 saturated carbocycles. The fraction of sp³-hybridized carbons (Fsp3) is 0.444. The molecule has 2 aromatic carbocycles. The molecule has 0 unspecified atom stereocenters. The molecule has 0 atom stereocenters. The number of amides is 1. The van der Waals surface area contributed by atoms with Crippen molar-refractivity contribution in [2.45, 2.75) is 37.0 Å². The highest BCUT2D eigenvalue weighted by molar-refractivity contribution is 7.92. The Bertz CT molecular complexity index is 1310. The Hall–Kier alpha value is -2.88. The van der Waals surface area contributed by atoms with Crippen molar-refractivity contribution in [3.8, 4) is 0 Å². The molecule has 2 aromatic rings. The summed E-state index contributed by atoms with van der Waals surface area (Å²) in [5.41, 5.74) is 1.56. The van der Waals surface area contributed by atoms with E-state index < -0.39 is 15.1 Å². The van der Waals surface area contributed by atoms with Crippen LogP contribution < -0.4 is 0 Å². The average molecular weight is 511 g/mol. The van der Waals surface area contributed by atoms with Gasteiger partial charge in [-0.25, -0.2) is 8.42 Å². The van der Waals surface area contributed by atoms with Crippen LogP contribution in [0.4, 0.5) is 0 Å². The second-order valence-corrected chi connectivity index (χ2v) is 12.3. The van der Waals surface area contributed by atoms with Crippen LogP contribution in [0.3, 0.4) is 0 Å². The van der Waals surface area contributed by atoms with Gasteiger partial charge in [0.05, 0.1) is 17.1 Å². The molecule has 36 heavy (non-hydrogen) atoms. The fourth-order valence-corrected chi connectivity index (χ4v) is 7.17. The molecular weight excluding hydrogens is 480 g/mol. The minimum Gasteiger partial charge on any atom is -0.393 e. The molecule has 0 aromatic heterocycles. The zero-order chi connectivity index (χ0) is 25.4. The molecular formula is C27H30N2O6S. The average Bonchev–Trinajstić information content (AvgIpc) is 2.91. The largest absolute Gasteiger partial charge is 0.393 e. The number of nitrogens with zero attached hydrogens (tertiary/aromatic N) is 2. The Balaban J connectivity index is 1.22. The van der Waals surface area contributed by atoms with Gasteiger partial charge in [0.2, 0.25) is 0 Å². The van der Waals surface area contributed by atoms with E-state index in [1.165, 1.54) is 12.1 Å². The van der Waals surface area contributed by atoms with Gasteiger partial charge in [-0.3, -0.25) is 14.4 Å². The molecule has 190 valence electrons. The molecule has 0 bridgehead atoms. The van der Waals surface area contributed by atoms with Gasteiger partial charge in [0, 0.05) is 60.5 Å². The number of likely N-dealkylation sites (tertiary alicyclic amines) is 2. The maximum atomic E-state index is 13.2. The molecule has 2 aliphatic heterocycles. The highest BCUT2D eigenvalue weighted by Gasteiger charge is 2.34. The summed E-state index contributed by atoms with van der Waals surface area (Å²) in [5.74, 6) is -0.683. The van der Waals surface area contributed by atoms with Crippen molar-refractivity contribution in [3.63, 3.8) is 0 Å². The molecule has 5 rings (SSSR count). The van der Waals surface area contributed by atoms with E-state index in [1.807, 2.05) is 0 Å². The number of sulfone groups is 1. The van der Waals surface area contributed by atoms with Gasteiger partial charge in [0.15, 0.2) is 21.4 Å². The molecule has 0 spiro atoms. The summed E-state index contributed by atoms with van der Waals surface area (Å²) in [7, 11) is -3.29. The molecule has 9 heteroatoms. The van der Waals surface area contributed by atoms with Crippen LogP contribution in [0.25, 0.3) is 0 Å². The number of hydrogen-bond donors (Lipinski definition) is 1. The third kappa shape index (κ3) is 4.75. The van der Waals surface area contributed by atoms with Crippen molar-refractivity contribution in [1.82, 2.24) is 9.80 Å². The standard InChI is InChI=1S/C27H30N2O6S/c30-19-7-11-28(12-8-19)15-16-36(34,35)20-9-13-29(14-10-20)27(33)18-5-6-23-24(17-18)26(32)22-4-2-1-3-21(22)25(23)31/h1-6,17,19-20,30H,7-16H2. The van der Waals surface area contributed by atoms with E-state index in [4.69, 9.17) is 0 Å². The zero-order valence-corrected chi connectivity index (χ0v) is 20.9. The molecule has 2 fully saturated rings. The van der Waals surface area contributed by atoms with Crippen molar-refractivity contribution >= 4 is 27.3 Å². The van der Waals surface area contributed by atoms with Crippen LogP contribution >= 0.6 is 0 Å². The SMILES string of the molecule is O=C1c2ccccc2C(=O)c2cc(C(=O)N3CCC(S(=O)(=O)CCN4CCC(O)CC4)CC3)ccc21. The highest BCUT2D eigenvalue weighted by Crippen LogP contribution is 2.29. The van der Waals surface area contributed by atoms with Gasteiger partial charge in [0.1, 0.15) is 0 Å². The van der Waals surface area contributed by atoms with E-state index in [0.717, 1.165) is 0 Å². The number of aliphatic hydroxyl groups excluding tert-OH is 1. The number of carbonyl (C=O) groups is 3. The van der Waals surface area contributed by atoms with Crippen molar-refractivity contribution in [2.75, 3.05) is 38.5 Å². The molecule has 1 amide bonds. The Morgan fingerprint density at radius 2 is 1.42 bits per heavy atom. The summed E-state index contributed by atoms with van der Waals surface area (Å²) in [6, 6.07) is 11.3. The van der Waals surface area contributed by atoms with Crippen LogP contribution in [0, 0.1) is 0 Å². The summed E-state index contributed by atoms with van der Waals surface area (Å²) < 4.78 is 25.8. The number of hydrogen-bond acceptors (Lipinski definition) is 7. The maximum absolute atomic E-state index is 13.2. The Morgan fingerprint density at radius 1 is 0.833 bits per heavy atom. The summed E-state index contributed by atoms with van der Waals surface area (Å²) >= 11 is 0. The van der Waals surface area contributed by atoms with Gasteiger partial charge in [0.25, 0.3) is 5.91 Å². The molecule has 8 nitrogen and oxygen atoms in total. The number of fused-ring (bicyclic) bond motifs is 2. The molecule has 2 saturated heterocycles. The van der Waals surface area contributed by atoms with Gasteiger partial charge in [-0.1, -0.05) is 24.3 Å². The normalized spacial score (nSPS) is 19.8. The number of benzene rings is 2. The van der Waals surface area contributed by atoms with Crippen molar-refractivity contribution in [2.24, 2.45) is 0 Å². The first-order valence-corrected chi connectivity index (χ1v) is 14.2. The van der Waals surface area contributed by atoms with Crippen LogP contribution in [0.15, 0.2) is 42.5 Å². The van der Waals surface area contributed by atoms with E-state index >= 15 is 0 Å². The lowest BCUT2D eigenvalue weighted by atomic mass is 9.83. The van der Waals surface area contributed by atoms with Crippen LogP contribution in [-0.2, 0) is 9.84 Å². The van der Waals surface area contributed by atoms with Crippen LogP contribution in [0.5, 0.6) is 0 Å². The Labute approximate surface area is 210 Å². The van der Waals surface area contributed by atoms with Crippen LogP contribution in [0.1, 0.15) is 67.9 Å². The summed E-state index contributed by atoms with van der Waals surface area (Å²) in [6.45, 7) is 2.55. The van der Waals surface area contributed by atoms with Gasteiger partial charge in [-0.2, -0.15) is 0 Å². The van der Waals surface area contributed by atoms with Crippen molar-refractivity contribution in [3.05, 3.63) is 70.3 Å². The predicted molar refractivity (Wildman–Crippen MR) is 134 cm³/mol. The van der Waals surface area contributed by atoms with E-state index in [2.05, 4.69) is 4.90 Å². The number of piperidine rings is 2. The first kappa shape index (κ1) is 24.8. The minimum absolute atomic E-state index is 0.0874. The van der Waals surface area contributed by atoms with E-state index in [0.29, 0.717) is 80.7 Å². The smallest absolute Gasteiger partial charge is 0.253 e. The summed E-state index contributed by atoms with van der Waals surface area (Å²) in [5, 5.41) is 9.15. The van der Waals surface area contributed by atoms with Gasteiger partial charge in [-0.05, 0) is 43.9 Å². The number of rotatable bonds is 5. The van der Waals surface area contributed by atoms with Crippen molar-refractivity contribution in [1.29, 1.82) is 0 Å². The molecule has 1 N–H and O–H groups in total. The quantitative estimate of drug-likeness (QED) is 0.558. The van der Waals surface area contributed by atoms with Gasteiger partial charge < -0.3 is 14.9 Å². The maximum Gasteiger partial charge on any atom is 0.253 e. The number of ketones is 2. The van der Waals surface area contributed by atoms with Gasteiger partial charge >= 0.3 is 0 Å². The lowest BCUT2D eigenvalue weighted by molar-refractivity contribution is 0.0724. The highest BCUT2D eigenvalue weighted by atomic mass is 32.2. The van der Waals surface area contributed by atoms with E-state index in [-0.39, 0.29) is 34.9 Å².